The van der Waals surface area contributed by atoms with Gasteiger partial charge in [-0.3, -0.25) is 4.99 Å². The molecule has 0 saturated carbocycles. The molecule has 0 atom stereocenters. The number of halogens is 3. The quantitative estimate of drug-likeness (QED) is 0.382. The van der Waals surface area contributed by atoms with Crippen molar-refractivity contribution in [3.05, 3.63) is 94.7 Å². The maximum atomic E-state index is 13.2. The van der Waals surface area contributed by atoms with Crippen molar-refractivity contribution < 1.29 is 23.0 Å². The number of aromatic nitrogens is 1. The standard InChI is InChI=1S/C26H19F3N2O2/c1-33-18-7-9-20-22(13-31-24(20)11-18)25(16-3-5-17(6-4-16)26(27,28)29)21-12-30-23-10-15(14-32)2-8-19(21)23/h2-13,30,32H,14H2,1H3. The van der Waals surface area contributed by atoms with E-state index < -0.39 is 11.7 Å². The van der Waals surface area contributed by atoms with Crippen LogP contribution < -0.4 is 4.74 Å². The zero-order valence-electron chi connectivity index (χ0n) is 17.6. The van der Waals surface area contributed by atoms with Crippen molar-refractivity contribution >= 4 is 34.0 Å². The van der Waals surface area contributed by atoms with Gasteiger partial charge in [0.25, 0.3) is 0 Å². The molecule has 0 bridgehead atoms. The molecule has 2 heterocycles. The summed E-state index contributed by atoms with van der Waals surface area (Å²) in [5, 5.41) is 10.4. The van der Waals surface area contributed by atoms with Gasteiger partial charge in [-0.1, -0.05) is 24.3 Å². The molecular formula is C26H19F3N2O2. The van der Waals surface area contributed by atoms with Gasteiger partial charge in [0.15, 0.2) is 0 Å². The third-order valence-corrected chi connectivity index (χ3v) is 5.80. The van der Waals surface area contributed by atoms with Crippen LogP contribution in [0.25, 0.3) is 22.0 Å². The number of H-pyrrole nitrogens is 1. The van der Waals surface area contributed by atoms with E-state index in [0.29, 0.717) is 11.3 Å². The van der Waals surface area contributed by atoms with Gasteiger partial charge in [0.05, 0.1) is 25.0 Å². The highest BCUT2D eigenvalue weighted by molar-refractivity contribution is 6.27. The first kappa shape index (κ1) is 21.0. The first-order valence-electron chi connectivity index (χ1n) is 10.2. The van der Waals surface area contributed by atoms with Crippen molar-refractivity contribution in [3.63, 3.8) is 0 Å². The third-order valence-electron chi connectivity index (χ3n) is 5.80. The van der Waals surface area contributed by atoms with Crippen LogP contribution in [0.5, 0.6) is 5.75 Å². The van der Waals surface area contributed by atoms with Crippen LogP contribution in [-0.2, 0) is 12.8 Å². The molecule has 4 nitrogen and oxygen atoms in total. The Morgan fingerprint density at radius 2 is 1.82 bits per heavy atom. The topological polar surface area (TPSA) is 57.6 Å². The maximum absolute atomic E-state index is 13.2. The molecule has 0 spiro atoms. The fourth-order valence-corrected chi connectivity index (χ4v) is 4.14. The van der Waals surface area contributed by atoms with E-state index in [-0.39, 0.29) is 6.61 Å². The Morgan fingerprint density at radius 3 is 2.52 bits per heavy atom. The predicted molar refractivity (Wildman–Crippen MR) is 123 cm³/mol. The molecule has 0 saturated heterocycles. The van der Waals surface area contributed by atoms with Crippen molar-refractivity contribution in [2.45, 2.75) is 12.8 Å². The number of hydrogen-bond donors (Lipinski definition) is 2. The molecule has 2 N–H and O–H groups in total. The minimum Gasteiger partial charge on any atom is -0.497 e. The van der Waals surface area contributed by atoms with Crippen LogP contribution >= 0.6 is 0 Å². The van der Waals surface area contributed by atoms with Crippen LogP contribution in [0.2, 0.25) is 0 Å². The highest BCUT2D eigenvalue weighted by Gasteiger charge is 2.30. The number of aliphatic imine (C=N–C) groups is 1. The van der Waals surface area contributed by atoms with Crippen LogP contribution in [0.1, 0.15) is 27.8 Å². The number of ether oxygens (including phenoxy) is 1. The second-order valence-electron chi connectivity index (χ2n) is 7.75. The highest BCUT2D eigenvalue weighted by atomic mass is 19.4. The summed E-state index contributed by atoms with van der Waals surface area (Å²) < 4.78 is 44.8. The number of benzene rings is 3. The fraction of sp³-hybridized carbons (Fsp3) is 0.115. The highest BCUT2D eigenvalue weighted by Crippen LogP contribution is 2.43. The third kappa shape index (κ3) is 3.70. The van der Waals surface area contributed by atoms with Gasteiger partial charge in [0, 0.05) is 51.7 Å². The lowest BCUT2D eigenvalue weighted by molar-refractivity contribution is -0.137. The van der Waals surface area contributed by atoms with Crippen molar-refractivity contribution in [2.75, 3.05) is 7.11 Å². The van der Waals surface area contributed by atoms with Gasteiger partial charge >= 0.3 is 6.18 Å². The number of nitrogens with one attached hydrogen (secondary N) is 1. The Bertz CT molecular complexity index is 1410. The number of aliphatic hydroxyl groups excluding tert-OH is 1. The maximum Gasteiger partial charge on any atom is 0.416 e. The zero-order chi connectivity index (χ0) is 23.2. The van der Waals surface area contributed by atoms with Crippen LogP contribution in [0.4, 0.5) is 18.9 Å². The van der Waals surface area contributed by atoms with E-state index in [4.69, 9.17) is 4.74 Å². The van der Waals surface area contributed by atoms with Gasteiger partial charge in [0.2, 0.25) is 0 Å². The molecule has 33 heavy (non-hydrogen) atoms. The minimum absolute atomic E-state index is 0.0843. The van der Waals surface area contributed by atoms with Crippen molar-refractivity contribution in [2.24, 2.45) is 4.99 Å². The number of alkyl halides is 3. The van der Waals surface area contributed by atoms with Gasteiger partial charge in [-0.2, -0.15) is 13.2 Å². The van der Waals surface area contributed by atoms with E-state index in [1.807, 2.05) is 42.6 Å². The lowest BCUT2D eigenvalue weighted by Gasteiger charge is -2.14. The number of aromatic amines is 1. The van der Waals surface area contributed by atoms with Gasteiger partial charge in [0.1, 0.15) is 5.75 Å². The second kappa shape index (κ2) is 7.94. The molecule has 0 amide bonds. The van der Waals surface area contributed by atoms with E-state index >= 15 is 0 Å². The summed E-state index contributed by atoms with van der Waals surface area (Å²) in [6.45, 7) is -0.0843. The molecule has 0 unspecified atom stereocenters. The van der Waals surface area contributed by atoms with E-state index in [1.165, 1.54) is 12.1 Å². The van der Waals surface area contributed by atoms with Crippen molar-refractivity contribution in [1.82, 2.24) is 4.98 Å². The number of methoxy groups -OCH3 is 1. The Hall–Kier alpha value is -3.84. The van der Waals surface area contributed by atoms with Crippen molar-refractivity contribution in [3.8, 4) is 5.75 Å². The summed E-state index contributed by atoms with van der Waals surface area (Å²) >= 11 is 0. The van der Waals surface area contributed by atoms with Crippen LogP contribution in [0.3, 0.4) is 0 Å². The number of hydrogen-bond acceptors (Lipinski definition) is 3. The average molecular weight is 448 g/mol. The summed E-state index contributed by atoms with van der Waals surface area (Å²) in [5.41, 5.74) is 5.53. The molecule has 0 radical (unpaired) electrons. The lowest BCUT2D eigenvalue weighted by Crippen LogP contribution is -2.04. The fourth-order valence-electron chi connectivity index (χ4n) is 4.14. The minimum atomic E-state index is -4.41. The number of allylic oxidation sites excluding steroid dienone is 1. The summed E-state index contributed by atoms with van der Waals surface area (Å²) in [4.78, 5) is 7.75. The molecule has 1 aliphatic heterocycles. The first-order valence-corrected chi connectivity index (χ1v) is 10.2. The van der Waals surface area contributed by atoms with E-state index in [1.54, 1.807) is 13.3 Å². The second-order valence-corrected chi connectivity index (χ2v) is 7.75. The molecule has 1 aromatic heterocycles. The molecular weight excluding hydrogens is 429 g/mol. The molecule has 3 aromatic carbocycles. The van der Waals surface area contributed by atoms with Gasteiger partial charge in [-0.05, 0) is 41.5 Å². The smallest absolute Gasteiger partial charge is 0.416 e. The number of nitrogens with zero attached hydrogens (tertiary/aromatic N) is 1. The first-order chi connectivity index (χ1) is 15.9. The molecule has 166 valence electrons. The van der Waals surface area contributed by atoms with E-state index in [2.05, 4.69) is 9.98 Å². The van der Waals surface area contributed by atoms with E-state index in [9.17, 15) is 18.3 Å². The predicted octanol–water partition coefficient (Wildman–Crippen LogP) is 6.36. The van der Waals surface area contributed by atoms with Gasteiger partial charge in [-0.25, -0.2) is 0 Å². The Morgan fingerprint density at radius 1 is 1.03 bits per heavy atom. The van der Waals surface area contributed by atoms with Gasteiger partial charge in [-0.15, -0.1) is 0 Å². The monoisotopic (exact) mass is 448 g/mol. The molecule has 0 aliphatic carbocycles. The molecule has 4 aromatic rings. The Kier molecular flexibility index (Phi) is 5.06. The largest absolute Gasteiger partial charge is 0.497 e. The molecule has 0 fully saturated rings. The summed E-state index contributed by atoms with van der Waals surface area (Å²) in [6, 6.07) is 16.3. The number of fused-ring (bicyclic) bond motifs is 2. The van der Waals surface area contributed by atoms with Crippen LogP contribution in [0.15, 0.2) is 71.9 Å². The Labute approximate surface area is 187 Å². The average Bonchev–Trinajstić information content (AvgIpc) is 3.43. The summed E-state index contributed by atoms with van der Waals surface area (Å²) in [6.07, 6.45) is -0.843. The van der Waals surface area contributed by atoms with Crippen LogP contribution in [0, 0.1) is 0 Å². The summed E-state index contributed by atoms with van der Waals surface area (Å²) in [5.74, 6) is 0.673. The van der Waals surface area contributed by atoms with Crippen LogP contribution in [-0.4, -0.2) is 23.4 Å². The molecule has 1 aliphatic rings. The Balaban J connectivity index is 1.75. The summed E-state index contributed by atoms with van der Waals surface area (Å²) in [7, 11) is 1.58. The molecule has 7 heteroatoms. The van der Waals surface area contributed by atoms with Crippen molar-refractivity contribution in [1.29, 1.82) is 0 Å². The van der Waals surface area contributed by atoms with E-state index in [0.717, 1.165) is 56.6 Å². The SMILES string of the molecule is COc1ccc2c(c1)N=CC2=C(c1ccc(C(F)(F)F)cc1)c1c[nH]c2cc(CO)ccc12. The molecule has 5 rings (SSSR count). The number of aliphatic hydroxyl groups is 1. The normalized spacial score (nSPS) is 14.6. The number of rotatable bonds is 4. The van der Waals surface area contributed by atoms with Gasteiger partial charge < -0.3 is 14.8 Å². The zero-order valence-corrected chi connectivity index (χ0v) is 17.6. The lowest BCUT2D eigenvalue weighted by atomic mass is 9.89.